The van der Waals surface area contributed by atoms with Crippen LogP contribution in [0.25, 0.3) is 0 Å². The summed E-state index contributed by atoms with van der Waals surface area (Å²) in [5.41, 5.74) is 0.617. The zero-order chi connectivity index (χ0) is 13.5. The molecule has 0 fully saturated rings. The van der Waals surface area contributed by atoms with Crippen molar-refractivity contribution in [1.29, 1.82) is 0 Å². The van der Waals surface area contributed by atoms with Gasteiger partial charge in [-0.3, -0.25) is 13.9 Å². The Kier molecular flexibility index (Phi) is 6.12. The monoisotopic (exact) mass is 275 g/mol. The van der Waals surface area contributed by atoms with Crippen LogP contribution in [0.2, 0.25) is 0 Å². The third-order valence-corrected chi connectivity index (χ3v) is 3.21. The number of nitrogens with one attached hydrogen (secondary N) is 1. The van der Waals surface area contributed by atoms with Gasteiger partial charge in [0.2, 0.25) is 5.91 Å². The Morgan fingerprint density at radius 2 is 2.28 bits per heavy atom. The number of unbranched alkanes of at least 4 members (excludes halogenated alkanes) is 1. The van der Waals surface area contributed by atoms with Crippen molar-refractivity contribution < 1.29 is 9.18 Å². The fraction of sp³-hybridized carbons (Fsp3) is 0.667. The third-order valence-electron chi connectivity index (χ3n) is 2.51. The number of aromatic nitrogens is 2. The number of amides is 1. The highest BCUT2D eigenvalue weighted by molar-refractivity contribution is 6.32. The minimum Gasteiger partial charge on any atom is -0.322 e. The van der Waals surface area contributed by atoms with Gasteiger partial charge in [-0.15, -0.1) is 11.6 Å². The minimum atomic E-state index is -0.556. The van der Waals surface area contributed by atoms with Crippen LogP contribution in [0, 0.1) is 5.92 Å². The number of nitrogens with zero attached hydrogens (tertiary/aromatic N) is 2. The Morgan fingerprint density at radius 3 is 2.89 bits per heavy atom. The first-order valence-electron chi connectivity index (χ1n) is 6.08. The second-order valence-electron chi connectivity index (χ2n) is 4.52. The molecular weight excluding hydrogens is 257 g/mol. The maximum atomic E-state index is 11.9. The van der Waals surface area contributed by atoms with E-state index in [9.17, 15) is 9.18 Å². The van der Waals surface area contributed by atoms with Crippen LogP contribution in [0.3, 0.4) is 0 Å². The fourth-order valence-electron chi connectivity index (χ4n) is 1.43. The third kappa shape index (κ3) is 4.64. The van der Waals surface area contributed by atoms with Crippen LogP contribution in [-0.4, -0.2) is 27.7 Å². The van der Waals surface area contributed by atoms with E-state index < -0.39 is 5.38 Å². The van der Waals surface area contributed by atoms with Gasteiger partial charge in [-0.1, -0.05) is 13.8 Å². The number of hydrogen-bond donors (Lipinski definition) is 1. The van der Waals surface area contributed by atoms with Gasteiger partial charge in [0.25, 0.3) is 0 Å². The molecule has 0 aromatic carbocycles. The number of carbonyl (C=O) groups is 1. The molecular formula is C12H19ClFN3O. The van der Waals surface area contributed by atoms with E-state index in [1.165, 1.54) is 0 Å². The van der Waals surface area contributed by atoms with E-state index in [2.05, 4.69) is 10.4 Å². The van der Waals surface area contributed by atoms with Gasteiger partial charge in [0.15, 0.2) is 0 Å². The lowest BCUT2D eigenvalue weighted by Gasteiger charge is -2.11. The summed E-state index contributed by atoms with van der Waals surface area (Å²) in [6.07, 6.45) is 4.55. The van der Waals surface area contributed by atoms with Crippen molar-refractivity contribution in [2.24, 2.45) is 5.92 Å². The number of rotatable bonds is 7. The van der Waals surface area contributed by atoms with Gasteiger partial charge >= 0.3 is 0 Å². The lowest BCUT2D eigenvalue weighted by Crippen LogP contribution is -2.27. The highest BCUT2D eigenvalue weighted by Crippen LogP contribution is 2.13. The molecule has 0 saturated carbocycles. The smallest absolute Gasteiger partial charge is 0.242 e. The summed E-state index contributed by atoms with van der Waals surface area (Å²) in [6.45, 7) is 4.11. The predicted octanol–water partition coefficient (Wildman–Crippen LogP) is 2.83. The molecule has 0 saturated heterocycles. The highest BCUT2D eigenvalue weighted by Gasteiger charge is 2.19. The number of carbonyl (C=O) groups excluding carboxylic acids is 1. The van der Waals surface area contributed by atoms with E-state index in [1.807, 2.05) is 13.8 Å². The highest BCUT2D eigenvalue weighted by atomic mass is 35.5. The van der Waals surface area contributed by atoms with Gasteiger partial charge in [0, 0.05) is 12.7 Å². The molecule has 1 rings (SSSR count). The van der Waals surface area contributed by atoms with E-state index in [-0.39, 0.29) is 18.5 Å². The van der Waals surface area contributed by atoms with E-state index in [1.54, 1.807) is 17.1 Å². The zero-order valence-electron chi connectivity index (χ0n) is 10.7. The Morgan fingerprint density at radius 1 is 1.56 bits per heavy atom. The molecule has 0 aliphatic rings. The number of aryl methyl sites for hydroxylation is 1. The van der Waals surface area contributed by atoms with Crippen LogP contribution in [0.1, 0.15) is 26.7 Å². The lowest BCUT2D eigenvalue weighted by molar-refractivity contribution is -0.116. The Bertz CT molecular complexity index is 381. The molecule has 1 N–H and O–H groups in total. The zero-order valence-corrected chi connectivity index (χ0v) is 11.5. The van der Waals surface area contributed by atoms with Gasteiger partial charge in [-0.25, -0.2) is 0 Å². The standard InChI is InChI=1S/C12H19ClFN3O/c1-9(2)11(13)12(18)16-10-7-15-17(8-10)6-4-3-5-14/h7-9,11H,3-6H2,1-2H3,(H,16,18)/t11-/m0/s1. The van der Waals surface area contributed by atoms with Crippen molar-refractivity contribution in [1.82, 2.24) is 9.78 Å². The molecule has 1 atom stereocenters. The lowest BCUT2D eigenvalue weighted by atomic mass is 10.1. The minimum absolute atomic E-state index is 0.0752. The van der Waals surface area contributed by atoms with Crippen molar-refractivity contribution in [2.75, 3.05) is 12.0 Å². The van der Waals surface area contributed by atoms with Gasteiger partial charge < -0.3 is 5.32 Å². The van der Waals surface area contributed by atoms with Crippen LogP contribution >= 0.6 is 11.6 Å². The summed E-state index contributed by atoms with van der Waals surface area (Å²) < 4.78 is 13.6. The van der Waals surface area contributed by atoms with Gasteiger partial charge in [-0.2, -0.15) is 5.10 Å². The molecule has 0 aliphatic heterocycles. The molecule has 0 spiro atoms. The number of halogens is 2. The molecule has 1 aromatic heterocycles. The number of anilines is 1. The SMILES string of the molecule is CC(C)[C@H](Cl)C(=O)Nc1cnn(CCCCF)c1. The van der Waals surface area contributed by atoms with Crippen molar-refractivity contribution in [2.45, 2.75) is 38.6 Å². The first kappa shape index (κ1) is 15.0. The quantitative estimate of drug-likeness (QED) is 0.614. The Hall–Kier alpha value is -1.10. The molecule has 102 valence electrons. The van der Waals surface area contributed by atoms with Crippen molar-refractivity contribution in [3.05, 3.63) is 12.4 Å². The van der Waals surface area contributed by atoms with Gasteiger partial charge in [-0.05, 0) is 18.8 Å². The van der Waals surface area contributed by atoms with Crippen LogP contribution in [0.4, 0.5) is 10.1 Å². The molecule has 0 aliphatic carbocycles. The van der Waals surface area contributed by atoms with Crippen LogP contribution in [0.15, 0.2) is 12.4 Å². The molecule has 1 amide bonds. The predicted molar refractivity (Wildman–Crippen MR) is 70.5 cm³/mol. The van der Waals surface area contributed by atoms with Crippen molar-refractivity contribution >= 4 is 23.2 Å². The average molecular weight is 276 g/mol. The van der Waals surface area contributed by atoms with E-state index >= 15 is 0 Å². The fourth-order valence-corrected chi connectivity index (χ4v) is 1.49. The van der Waals surface area contributed by atoms with E-state index in [0.29, 0.717) is 18.7 Å². The van der Waals surface area contributed by atoms with Crippen molar-refractivity contribution in [3.8, 4) is 0 Å². The molecule has 1 heterocycles. The van der Waals surface area contributed by atoms with E-state index in [4.69, 9.17) is 11.6 Å². The van der Waals surface area contributed by atoms with Crippen LogP contribution < -0.4 is 5.32 Å². The summed E-state index contributed by atoms with van der Waals surface area (Å²) >= 11 is 5.94. The Labute approximate surface area is 112 Å². The number of alkyl halides is 2. The largest absolute Gasteiger partial charge is 0.322 e. The summed E-state index contributed by atoms with van der Waals surface area (Å²) in [6, 6.07) is 0. The molecule has 4 nitrogen and oxygen atoms in total. The van der Waals surface area contributed by atoms with Crippen LogP contribution in [0.5, 0.6) is 0 Å². The van der Waals surface area contributed by atoms with Gasteiger partial charge in [0.1, 0.15) is 5.38 Å². The average Bonchev–Trinajstić information content (AvgIpc) is 2.76. The Balaban J connectivity index is 2.46. The molecule has 18 heavy (non-hydrogen) atoms. The normalized spacial score (nSPS) is 12.7. The second kappa shape index (κ2) is 7.36. The summed E-state index contributed by atoms with van der Waals surface area (Å²) in [5, 5.41) is 6.23. The molecule has 0 bridgehead atoms. The second-order valence-corrected chi connectivity index (χ2v) is 4.99. The summed E-state index contributed by atoms with van der Waals surface area (Å²) in [7, 11) is 0. The van der Waals surface area contributed by atoms with Crippen molar-refractivity contribution in [3.63, 3.8) is 0 Å². The van der Waals surface area contributed by atoms with Gasteiger partial charge in [0.05, 0.1) is 18.6 Å². The molecule has 6 heteroatoms. The number of hydrogen-bond acceptors (Lipinski definition) is 2. The summed E-state index contributed by atoms with van der Waals surface area (Å²) in [4.78, 5) is 11.7. The maximum absolute atomic E-state index is 11.9. The first-order valence-corrected chi connectivity index (χ1v) is 6.51. The van der Waals surface area contributed by atoms with Crippen LogP contribution in [-0.2, 0) is 11.3 Å². The van der Waals surface area contributed by atoms with E-state index in [0.717, 1.165) is 6.42 Å². The molecule has 0 unspecified atom stereocenters. The first-order chi connectivity index (χ1) is 8.54. The molecule has 1 aromatic rings. The molecule has 0 radical (unpaired) electrons. The topological polar surface area (TPSA) is 46.9 Å². The maximum Gasteiger partial charge on any atom is 0.242 e. The summed E-state index contributed by atoms with van der Waals surface area (Å²) in [5.74, 6) is -0.152.